The van der Waals surface area contributed by atoms with Gasteiger partial charge in [-0.3, -0.25) is 9.69 Å². The Morgan fingerprint density at radius 2 is 1.67 bits per heavy atom. The summed E-state index contributed by atoms with van der Waals surface area (Å²) in [5.74, 6) is 0.670. The van der Waals surface area contributed by atoms with Gasteiger partial charge < -0.3 is 4.74 Å². The van der Waals surface area contributed by atoms with Gasteiger partial charge in [-0.25, -0.2) is 0 Å². The molecule has 1 aliphatic rings. The van der Waals surface area contributed by atoms with Crippen LogP contribution in [0.15, 0.2) is 77.3 Å². The first-order chi connectivity index (χ1) is 14.5. The number of rotatable bonds is 5. The Morgan fingerprint density at radius 1 is 1.00 bits per heavy atom. The highest BCUT2D eigenvalue weighted by Gasteiger charge is 2.37. The first-order valence-corrected chi connectivity index (χ1v) is 11.2. The van der Waals surface area contributed by atoms with Crippen LogP contribution in [0.5, 0.6) is 5.75 Å². The minimum absolute atomic E-state index is 0.153. The van der Waals surface area contributed by atoms with E-state index >= 15 is 0 Å². The molecule has 3 nitrogen and oxygen atoms in total. The van der Waals surface area contributed by atoms with E-state index < -0.39 is 0 Å². The molecule has 0 saturated carbocycles. The van der Waals surface area contributed by atoms with Crippen molar-refractivity contribution in [3.05, 3.63) is 99.0 Å². The number of hydrogen-bond donors (Lipinski definition) is 0. The zero-order chi connectivity index (χ0) is 21.1. The molecule has 5 heteroatoms. The van der Waals surface area contributed by atoms with Crippen molar-refractivity contribution in [1.82, 2.24) is 4.90 Å². The molecule has 0 aromatic heterocycles. The van der Waals surface area contributed by atoms with Gasteiger partial charge in [-0.05, 0) is 35.4 Å². The van der Waals surface area contributed by atoms with Crippen LogP contribution >= 0.6 is 27.5 Å². The molecule has 154 valence electrons. The standard InChI is InChI=1S/C25H23BrClNO2/c1-17(29)30-25-12-11-19(27)13-21(25)23-16-28(14-18-7-3-2-4-8-18)15-22(23)20-9-5-6-10-24(20)26/h2-13,22-23H,14-16H2,1H3. The van der Waals surface area contributed by atoms with E-state index in [0.717, 1.165) is 29.7 Å². The monoisotopic (exact) mass is 483 g/mol. The zero-order valence-corrected chi connectivity index (χ0v) is 19.1. The van der Waals surface area contributed by atoms with Crippen LogP contribution in [-0.4, -0.2) is 24.0 Å². The number of carbonyl (C=O) groups is 1. The van der Waals surface area contributed by atoms with Gasteiger partial charge in [-0.15, -0.1) is 0 Å². The fourth-order valence-corrected chi connectivity index (χ4v) is 5.08. The van der Waals surface area contributed by atoms with Crippen molar-refractivity contribution in [1.29, 1.82) is 0 Å². The van der Waals surface area contributed by atoms with Crippen molar-refractivity contribution < 1.29 is 9.53 Å². The third-order valence-corrected chi connectivity index (χ3v) is 6.53. The molecule has 0 radical (unpaired) electrons. The van der Waals surface area contributed by atoms with Crippen molar-refractivity contribution in [2.75, 3.05) is 13.1 Å². The molecule has 1 aliphatic heterocycles. The van der Waals surface area contributed by atoms with Crippen LogP contribution < -0.4 is 4.74 Å². The van der Waals surface area contributed by atoms with E-state index in [4.69, 9.17) is 16.3 Å². The minimum Gasteiger partial charge on any atom is -0.426 e. The first kappa shape index (κ1) is 21.1. The van der Waals surface area contributed by atoms with Gasteiger partial charge in [0.05, 0.1) is 0 Å². The maximum Gasteiger partial charge on any atom is 0.308 e. The van der Waals surface area contributed by atoms with E-state index in [-0.39, 0.29) is 17.8 Å². The quantitative estimate of drug-likeness (QED) is 0.309. The molecule has 1 saturated heterocycles. The topological polar surface area (TPSA) is 29.5 Å². The van der Waals surface area contributed by atoms with Crippen LogP contribution in [0.4, 0.5) is 0 Å². The molecule has 1 heterocycles. The molecule has 1 fully saturated rings. The third-order valence-electron chi connectivity index (χ3n) is 5.57. The molecular formula is C25H23BrClNO2. The lowest BCUT2D eigenvalue weighted by molar-refractivity contribution is -0.131. The smallest absolute Gasteiger partial charge is 0.308 e. The van der Waals surface area contributed by atoms with Crippen LogP contribution in [0, 0.1) is 0 Å². The second kappa shape index (κ2) is 9.34. The van der Waals surface area contributed by atoms with Gasteiger partial charge in [0, 0.05) is 53.5 Å². The Hall–Kier alpha value is -2.14. The number of ether oxygens (including phenoxy) is 1. The van der Waals surface area contributed by atoms with E-state index in [0.29, 0.717) is 10.8 Å². The van der Waals surface area contributed by atoms with E-state index in [1.165, 1.54) is 18.1 Å². The van der Waals surface area contributed by atoms with Crippen molar-refractivity contribution in [3.63, 3.8) is 0 Å². The molecule has 0 amide bonds. The van der Waals surface area contributed by atoms with Gasteiger partial charge in [0.25, 0.3) is 0 Å². The normalized spacial score (nSPS) is 19.0. The number of carbonyl (C=O) groups excluding carboxylic acids is 1. The molecule has 4 rings (SSSR count). The molecule has 3 aromatic rings. The van der Waals surface area contributed by atoms with Crippen LogP contribution in [-0.2, 0) is 11.3 Å². The summed E-state index contributed by atoms with van der Waals surface area (Å²) in [5.41, 5.74) is 3.52. The number of nitrogens with zero attached hydrogens (tertiary/aromatic N) is 1. The van der Waals surface area contributed by atoms with Gasteiger partial charge in [0.15, 0.2) is 0 Å². The van der Waals surface area contributed by atoms with Crippen LogP contribution in [0.1, 0.15) is 35.4 Å². The summed E-state index contributed by atoms with van der Waals surface area (Å²) >= 11 is 10.1. The Bertz CT molecular complexity index is 1040. The molecular weight excluding hydrogens is 462 g/mol. The number of esters is 1. The predicted molar refractivity (Wildman–Crippen MR) is 124 cm³/mol. The predicted octanol–water partition coefficient (Wildman–Crippen LogP) is 6.41. The molecule has 3 aromatic carbocycles. The minimum atomic E-state index is -0.324. The summed E-state index contributed by atoms with van der Waals surface area (Å²) in [6, 6.07) is 24.4. The SMILES string of the molecule is CC(=O)Oc1ccc(Cl)cc1C1CN(Cc2ccccc2)CC1c1ccccc1Br. The number of benzene rings is 3. The summed E-state index contributed by atoms with van der Waals surface area (Å²) < 4.78 is 6.65. The molecule has 0 aliphatic carbocycles. The van der Waals surface area contributed by atoms with E-state index in [1.54, 1.807) is 12.1 Å². The highest BCUT2D eigenvalue weighted by atomic mass is 79.9. The van der Waals surface area contributed by atoms with Gasteiger partial charge in [0.1, 0.15) is 5.75 Å². The number of halogens is 2. The molecule has 0 bridgehead atoms. The van der Waals surface area contributed by atoms with Crippen molar-refractivity contribution in [2.24, 2.45) is 0 Å². The van der Waals surface area contributed by atoms with E-state index in [2.05, 4.69) is 63.3 Å². The molecule has 2 atom stereocenters. The van der Waals surface area contributed by atoms with Gasteiger partial charge >= 0.3 is 5.97 Å². The van der Waals surface area contributed by atoms with Crippen LogP contribution in [0.25, 0.3) is 0 Å². The highest BCUT2D eigenvalue weighted by Crippen LogP contribution is 2.45. The first-order valence-electron chi connectivity index (χ1n) is 10.00. The lowest BCUT2D eigenvalue weighted by Crippen LogP contribution is -2.20. The van der Waals surface area contributed by atoms with Crippen LogP contribution in [0.2, 0.25) is 5.02 Å². The number of likely N-dealkylation sites (tertiary alicyclic amines) is 1. The summed E-state index contributed by atoms with van der Waals surface area (Å²) in [5, 5.41) is 0.647. The molecule has 2 unspecified atom stereocenters. The fourth-order valence-electron chi connectivity index (χ4n) is 4.32. The maximum atomic E-state index is 11.7. The average molecular weight is 485 g/mol. The third kappa shape index (κ3) is 4.77. The van der Waals surface area contributed by atoms with E-state index in [9.17, 15) is 4.79 Å². The van der Waals surface area contributed by atoms with Gasteiger partial charge in [0.2, 0.25) is 0 Å². The zero-order valence-electron chi connectivity index (χ0n) is 16.7. The van der Waals surface area contributed by atoms with Gasteiger partial charge in [-0.1, -0.05) is 76.1 Å². The highest BCUT2D eigenvalue weighted by molar-refractivity contribution is 9.10. The van der Waals surface area contributed by atoms with Crippen molar-refractivity contribution in [3.8, 4) is 5.75 Å². The summed E-state index contributed by atoms with van der Waals surface area (Å²) in [6.07, 6.45) is 0. The van der Waals surface area contributed by atoms with E-state index in [1.807, 2.05) is 18.2 Å². The summed E-state index contributed by atoms with van der Waals surface area (Å²) in [4.78, 5) is 14.2. The van der Waals surface area contributed by atoms with Crippen molar-refractivity contribution >= 4 is 33.5 Å². The second-order valence-electron chi connectivity index (χ2n) is 7.69. The lowest BCUT2D eigenvalue weighted by Gasteiger charge is -2.22. The number of hydrogen-bond acceptors (Lipinski definition) is 3. The van der Waals surface area contributed by atoms with Crippen LogP contribution in [0.3, 0.4) is 0 Å². The van der Waals surface area contributed by atoms with Gasteiger partial charge in [-0.2, -0.15) is 0 Å². The second-order valence-corrected chi connectivity index (χ2v) is 8.98. The Labute approximate surface area is 190 Å². The molecule has 0 N–H and O–H groups in total. The Balaban J connectivity index is 1.72. The maximum absolute atomic E-state index is 11.7. The summed E-state index contributed by atoms with van der Waals surface area (Å²) in [7, 11) is 0. The van der Waals surface area contributed by atoms with Crippen molar-refractivity contribution in [2.45, 2.75) is 25.3 Å². The summed E-state index contributed by atoms with van der Waals surface area (Å²) in [6.45, 7) is 4.07. The molecule has 0 spiro atoms. The molecule has 30 heavy (non-hydrogen) atoms. The fraction of sp³-hybridized carbons (Fsp3) is 0.240. The Morgan fingerprint density at radius 3 is 2.37 bits per heavy atom. The lowest BCUT2D eigenvalue weighted by atomic mass is 9.83. The average Bonchev–Trinajstić information content (AvgIpc) is 3.13. The largest absolute Gasteiger partial charge is 0.426 e. The Kier molecular flexibility index (Phi) is 6.57.